The number of carbonyl (C=O) groups excluding carboxylic acids is 2. The highest BCUT2D eigenvalue weighted by atomic mass is 35.5. The SMILES string of the molecule is CNC(=O)[C@@H](C)N(Cc1ccccc1F)C(=O)CN(c1ccccc1C)S(=O)(=O)c1ccc(Cl)cc1. The van der Waals surface area contributed by atoms with Crippen molar-refractivity contribution in [3.8, 4) is 0 Å². The summed E-state index contributed by atoms with van der Waals surface area (Å²) in [4.78, 5) is 27.2. The second kappa shape index (κ2) is 11.5. The molecule has 3 aromatic rings. The van der Waals surface area contributed by atoms with Gasteiger partial charge in [-0.2, -0.15) is 0 Å². The van der Waals surface area contributed by atoms with E-state index in [2.05, 4.69) is 5.32 Å². The van der Waals surface area contributed by atoms with E-state index in [1.54, 1.807) is 37.3 Å². The second-order valence-electron chi connectivity index (χ2n) is 8.16. The molecular weight excluding hydrogens is 505 g/mol. The number of nitrogens with zero attached hydrogens (tertiary/aromatic N) is 2. The first-order chi connectivity index (χ1) is 17.1. The number of para-hydroxylation sites is 1. The second-order valence-corrected chi connectivity index (χ2v) is 10.5. The Morgan fingerprint density at radius 1 is 1.00 bits per heavy atom. The van der Waals surface area contributed by atoms with Gasteiger partial charge in [0.2, 0.25) is 11.8 Å². The van der Waals surface area contributed by atoms with Crippen molar-refractivity contribution in [3.05, 3.63) is 94.8 Å². The van der Waals surface area contributed by atoms with Gasteiger partial charge in [0.05, 0.1) is 10.6 Å². The number of nitrogens with one attached hydrogen (secondary N) is 1. The summed E-state index contributed by atoms with van der Waals surface area (Å²) >= 11 is 5.94. The summed E-state index contributed by atoms with van der Waals surface area (Å²) in [6, 6.07) is 17.3. The molecule has 0 aliphatic carbocycles. The van der Waals surface area contributed by atoms with Crippen molar-refractivity contribution >= 4 is 39.1 Å². The van der Waals surface area contributed by atoms with Crippen molar-refractivity contribution in [1.29, 1.82) is 0 Å². The van der Waals surface area contributed by atoms with Gasteiger partial charge in [-0.15, -0.1) is 0 Å². The lowest BCUT2D eigenvalue weighted by atomic mass is 10.1. The molecule has 0 aliphatic heterocycles. The van der Waals surface area contributed by atoms with Crippen molar-refractivity contribution in [2.45, 2.75) is 31.3 Å². The van der Waals surface area contributed by atoms with Crippen LogP contribution in [0.5, 0.6) is 0 Å². The van der Waals surface area contributed by atoms with Gasteiger partial charge in [-0.05, 0) is 55.8 Å². The minimum atomic E-state index is -4.20. The Morgan fingerprint density at radius 3 is 2.22 bits per heavy atom. The van der Waals surface area contributed by atoms with Crippen LogP contribution in [-0.4, -0.2) is 44.8 Å². The molecule has 0 bridgehead atoms. The average molecular weight is 532 g/mol. The van der Waals surface area contributed by atoms with Gasteiger partial charge in [0, 0.05) is 24.2 Å². The van der Waals surface area contributed by atoms with Crippen molar-refractivity contribution < 1.29 is 22.4 Å². The predicted molar refractivity (Wildman–Crippen MR) is 138 cm³/mol. The third-order valence-electron chi connectivity index (χ3n) is 5.78. The maximum atomic E-state index is 14.4. The molecule has 0 radical (unpaired) electrons. The van der Waals surface area contributed by atoms with Gasteiger partial charge in [-0.1, -0.05) is 48.0 Å². The Balaban J connectivity index is 2.06. The molecule has 190 valence electrons. The molecule has 1 atom stereocenters. The highest BCUT2D eigenvalue weighted by Crippen LogP contribution is 2.28. The fourth-order valence-electron chi connectivity index (χ4n) is 3.69. The Hall–Kier alpha value is -3.43. The number of rotatable bonds is 9. The molecule has 0 fully saturated rings. The molecule has 0 unspecified atom stereocenters. The number of halogens is 2. The molecule has 0 heterocycles. The summed E-state index contributed by atoms with van der Waals surface area (Å²) in [6.07, 6.45) is 0. The number of likely N-dealkylation sites (N-methyl/N-ethyl adjacent to an activating group) is 1. The van der Waals surface area contributed by atoms with E-state index in [1.165, 1.54) is 61.3 Å². The minimum Gasteiger partial charge on any atom is -0.357 e. The molecule has 7 nitrogen and oxygen atoms in total. The van der Waals surface area contributed by atoms with E-state index >= 15 is 0 Å². The van der Waals surface area contributed by atoms with Crippen molar-refractivity contribution in [1.82, 2.24) is 10.2 Å². The number of hydrogen-bond acceptors (Lipinski definition) is 4. The number of hydrogen-bond donors (Lipinski definition) is 1. The van der Waals surface area contributed by atoms with Crippen LogP contribution in [0.4, 0.5) is 10.1 Å². The van der Waals surface area contributed by atoms with E-state index in [0.717, 1.165) is 4.31 Å². The van der Waals surface area contributed by atoms with Crippen LogP contribution in [0.15, 0.2) is 77.7 Å². The van der Waals surface area contributed by atoms with Gasteiger partial charge in [-0.3, -0.25) is 13.9 Å². The molecule has 0 aromatic heterocycles. The molecule has 1 N–H and O–H groups in total. The average Bonchev–Trinajstić information content (AvgIpc) is 2.86. The number of benzene rings is 3. The van der Waals surface area contributed by atoms with Gasteiger partial charge < -0.3 is 10.2 Å². The molecule has 36 heavy (non-hydrogen) atoms. The lowest BCUT2D eigenvalue weighted by Crippen LogP contribution is -2.51. The molecule has 3 rings (SSSR count). The van der Waals surface area contributed by atoms with Crippen LogP contribution in [0, 0.1) is 12.7 Å². The van der Waals surface area contributed by atoms with Crippen LogP contribution in [0.3, 0.4) is 0 Å². The number of anilines is 1. The molecule has 0 saturated heterocycles. The van der Waals surface area contributed by atoms with Crippen LogP contribution in [-0.2, 0) is 26.2 Å². The van der Waals surface area contributed by atoms with Crippen LogP contribution in [0.2, 0.25) is 5.02 Å². The first kappa shape index (κ1) is 27.2. The van der Waals surface area contributed by atoms with Gasteiger partial charge in [-0.25, -0.2) is 12.8 Å². The van der Waals surface area contributed by atoms with Crippen molar-refractivity contribution in [3.63, 3.8) is 0 Å². The van der Waals surface area contributed by atoms with E-state index in [1.807, 2.05) is 0 Å². The quantitative estimate of drug-likeness (QED) is 0.449. The lowest BCUT2D eigenvalue weighted by molar-refractivity contribution is -0.139. The smallest absolute Gasteiger partial charge is 0.264 e. The standard InChI is InChI=1S/C26H27ClFN3O4S/c1-18-8-4-7-11-24(18)31(36(34,35)22-14-12-21(27)13-15-22)17-25(32)30(19(2)26(33)29-3)16-20-9-5-6-10-23(20)28/h4-15,19H,16-17H2,1-3H3,(H,29,33)/t19-/m1/s1. The zero-order valence-corrected chi connectivity index (χ0v) is 21.7. The molecule has 0 aliphatic rings. The number of aryl methyl sites for hydroxylation is 1. The minimum absolute atomic E-state index is 0.0528. The lowest BCUT2D eigenvalue weighted by Gasteiger charge is -2.32. The van der Waals surface area contributed by atoms with E-state index in [9.17, 15) is 22.4 Å². The van der Waals surface area contributed by atoms with E-state index in [-0.39, 0.29) is 17.0 Å². The van der Waals surface area contributed by atoms with Gasteiger partial charge >= 0.3 is 0 Å². The highest BCUT2D eigenvalue weighted by Gasteiger charge is 2.33. The summed E-state index contributed by atoms with van der Waals surface area (Å²) in [5.41, 5.74) is 1.13. The normalized spacial score (nSPS) is 12.0. The van der Waals surface area contributed by atoms with Crippen molar-refractivity contribution in [2.24, 2.45) is 0 Å². The first-order valence-corrected chi connectivity index (χ1v) is 13.0. The molecule has 0 saturated carbocycles. The molecule has 3 aromatic carbocycles. The number of carbonyl (C=O) groups is 2. The predicted octanol–water partition coefficient (Wildman–Crippen LogP) is 4.15. The third kappa shape index (κ3) is 6.03. The Bertz CT molecular complexity index is 1350. The van der Waals surface area contributed by atoms with Crippen LogP contribution >= 0.6 is 11.6 Å². The molecule has 0 spiro atoms. The maximum absolute atomic E-state index is 14.4. The summed E-state index contributed by atoms with van der Waals surface area (Å²) in [7, 11) is -2.78. The van der Waals surface area contributed by atoms with Gasteiger partial charge in [0.1, 0.15) is 18.4 Å². The fourth-order valence-corrected chi connectivity index (χ4v) is 5.30. The zero-order valence-electron chi connectivity index (χ0n) is 20.1. The molecule has 10 heteroatoms. The Kier molecular flexibility index (Phi) is 8.70. The summed E-state index contributed by atoms with van der Waals surface area (Å²) in [6.45, 7) is 2.41. The third-order valence-corrected chi connectivity index (χ3v) is 7.80. The number of sulfonamides is 1. The Morgan fingerprint density at radius 2 is 1.61 bits per heavy atom. The van der Waals surface area contributed by atoms with Crippen LogP contribution < -0.4 is 9.62 Å². The molecule has 2 amide bonds. The van der Waals surface area contributed by atoms with Crippen molar-refractivity contribution in [2.75, 3.05) is 17.9 Å². The summed E-state index contributed by atoms with van der Waals surface area (Å²) in [5.74, 6) is -1.68. The van der Waals surface area contributed by atoms with Crippen LogP contribution in [0.25, 0.3) is 0 Å². The monoisotopic (exact) mass is 531 g/mol. The molecular formula is C26H27ClFN3O4S. The van der Waals surface area contributed by atoms with E-state index in [4.69, 9.17) is 11.6 Å². The van der Waals surface area contributed by atoms with E-state index < -0.39 is 40.2 Å². The maximum Gasteiger partial charge on any atom is 0.264 e. The summed E-state index contributed by atoms with van der Waals surface area (Å²) < 4.78 is 42.8. The largest absolute Gasteiger partial charge is 0.357 e. The van der Waals surface area contributed by atoms with E-state index in [0.29, 0.717) is 16.3 Å². The number of amides is 2. The van der Waals surface area contributed by atoms with Gasteiger partial charge in [0.15, 0.2) is 0 Å². The first-order valence-electron chi connectivity index (χ1n) is 11.1. The topological polar surface area (TPSA) is 86.8 Å². The summed E-state index contributed by atoms with van der Waals surface area (Å²) in [5, 5.41) is 2.85. The highest BCUT2D eigenvalue weighted by molar-refractivity contribution is 7.92. The fraction of sp³-hybridized carbons (Fsp3) is 0.231. The zero-order chi connectivity index (χ0) is 26.5. The van der Waals surface area contributed by atoms with Gasteiger partial charge in [0.25, 0.3) is 10.0 Å². The van der Waals surface area contributed by atoms with Crippen LogP contribution in [0.1, 0.15) is 18.1 Å². The Labute approximate surface area is 215 Å².